The summed E-state index contributed by atoms with van der Waals surface area (Å²) in [5.41, 5.74) is 4.11. The Bertz CT molecular complexity index is 736. The molecule has 0 radical (unpaired) electrons. The Morgan fingerprint density at radius 3 is 2.48 bits per heavy atom. The molecule has 0 saturated carbocycles. The summed E-state index contributed by atoms with van der Waals surface area (Å²) in [7, 11) is 0. The minimum absolute atomic E-state index is 0. The number of benzene rings is 1. The van der Waals surface area contributed by atoms with Gasteiger partial charge in [0.2, 0.25) is 5.91 Å². The summed E-state index contributed by atoms with van der Waals surface area (Å²) in [6, 6.07) is 10.1. The summed E-state index contributed by atoms with van der Waals surface area (Å²) in [4.78, 5) is 14.8. The standard InChI is InChI=1S/C21H30N4O.ClH/c1-4-22-15-18-10-12-24(13-11-18)21(26)14-20-16(2)23-25(17(20)3)19-8-6-5-7-9-19;/h5-9,18,22H,4,10-15H2,1-3H3;1H. The number of halogens is 1. The van der Waals surface area contributed by atoms with Gasteiger partial charge in [-0.3, -0.25) is 4.79 Å². The number of aromatic nitrogens is 2. The zero-order chi connectivity index (χ0) is 18.5. The average molecular weight is 391 g/mol. The summed E-state index contributed by atoms with van der Waals surface area (Å²) in [5.74, 6) is 0.925. The molecule has 1 aromatic carbocycles. The molecule has 5 nitrogen and oxygen atoms in total. The molecule has 0 spiro atoms. The largest absolute Gasteiger partial charge is 0.342 e. The third-order valence-electron chi connectivity index (χ3n) is 5.42. The van der Waals surface area contributed by atoms with Crippen LogP contribution in [-0.2, 0) is 11.2 Å². The highest BCUT2D eigenvalue weighted by Crippen LogP contribution is 2.21. The molecule has 0 aliphatic carbocycles. The summed E-state index contributed by atoms with van der Waals surface area (Å²) >= 11 is 0. The SMILES string of the molecule is CCNCC1CCN(C(=O)Cc2c(C)nn(-c3ccccc3)c2C)CC1.Cl. The van der Waals surface area contributed by atoms with Gasteiger partial charge in [0.15, 0.2) is 0 Å². The van der Waals surface area contributed by atoms with Gasteiger partial charge in [-0.2, -0.15) is 5.10 Å². The summed E-state index contributed by atoms with van der Waals surface area (Å²) in [6.07, 6.45) is 2.64. The maximum Gasteiger partial charge on any atom is 0.227 e. The van der Waals surface area contributed by atoms with Crippen molar-refractivity contribution in [2.75, 3.05) is 26.2 Å². The van der Waals surface area contributed by atoms with Crippen molar-refractivity contribution in [1.82, 2.24) is 20.0 Å². The van der Waals surface area contributed by atoms with E-state index in [4.69, 9.17) is 0 Å². The number of rotatable bonds is 6. The average Bonchev–Trinajstić information content (AvgIpc) is 2.95. The molecule has 3 rings (SSSR count). The van der Waals surface area contributed by atoms with E-state index in [0.717, 1.165) is 61.7 Å². The highest BCUT2D eigenvalue weighted by Gasteiger charge is 2.24. The molecule has 1 amide bonds. The van der Waals surface area contributed by atoms with Gasteiger partial charge in [-0.25, -0.2) is 4.68 Å². The number of hydrogen-bond donors (Lipinski definition) is 1. The molecule has 2 heterocycles. The number of para-hydroxylation sites is 1. The Labute approximate surface area is 168 Å². The number of nitrogens with zero attached hydrogens (tertiary/aromatic N) is 3. The molecule has 148 valence electrons. The van der Waals surface area contributed by atoms with Crippen molar-refractivity contribution in [3.8, 4) is 5.69 Å². The van der Waals surface area contributed by atoms with Crippen molar-refractivity contribution >= 4 is 18.3 Å². The molecule has 2 aromatic rings. The first-order valence-electron chi connectivity index (χ1n) is 9.69. The van der Waals surface area contributed by atoms with Crippen LogP contribution in [0.1, 0.15) is 36.7 Å². The second kappa shape index (κ2) is 9.90. The Kier molecular flexibility index (Phi) is 7.87. The number of aryl methyl sites for hydroxylation is 1. The number of amides is 1. The summed E-state index contributed by atoms with van der Waals surface area (Å²) < 4.78 is 1.95. The fourth-order valence-corrected chi connectivity index (χ4v) is 3.75. The lowest BCUT2D eigenvalue weighted by atomic mass is 9.96. The van der Waals surface area contributed by atoms with Gasteiger partial charge in [-0.15, -0.1) is 12.4 Å². The van der Waals surface area contributed by atoms with Crippen LogP contribution in [0.15, 0.2) is 30.3 Å². The van der Waals surface area contributed by atoms with Crippen LogP contribution >= 0.6 is 12.4 Å². The first-order chi connectivity index (χ1) is 12.6. The Balaban J connectivity index is 0.00000261. The van der Waals surface area contributed by atoms with E-state index < -0.39 is 0 Å². The maximum atomic E-state index is 12.8. The van der Waals surface area contributed by atoms with Crippen molar-refractivity contribution < 1.29 is 4.79 Å². The van der Waals surface area contributed by atoms with Crippen LogP contribution in [0.5, 0.6) is 0 Å². The molecule has 1 aromatic heterocycles. The smallest absolute Gasteiger partial charge is 0.227 e. The first kappa shape index (κ1) is 21.5. The third-order valence-corrected chi connectivity index (χ3v) is 5.42. The van der Waals surface area contributed by atoms with Crippen molar-refractivity contribution in [2.24, 2.45) is 5.92 Å². The van der Waals surface area contributed by atoms with Gasteiger partial charge in [0.25, 0.3) is 0 Å². The van der Waals surface area contributed by atoms with Gasteiger partial charge >= 0.3 is 0 Å². The lowest BCUT2D eigenvalue weighted by Gasteiger charge is -2.32. The highest BCUT2D eigenvalue weighted by atomic mass is 35.5. The number of carbonyl (C=O) groups is 1. The lowest BCUT2D eigenvalue weighted by molar-refractivity contribution is -0.131. The normalized spacial score (nSPS) is 14.9. The van der Waals surface area contributed by atoms with Crippen LogP contribution in [0.25, 0.3) is 5.69 Å². The van der Waals surface area contributed by atoms with E-state index in [1.165, 1.54) is 0 Å². The van der Waals surface area contributed by atoms with E-state index in [1.54, 1.807) is 0 Å². The second-order valence-electron chi connectivity index (χ2n) is 7.21. The minimum atomic E-state index is 0. The molecule has 1 N–H and O–H groups in total. The maximum absolute atomic E-state index is 12.8. The van der Waals surface area contributed by atoms with E-state index in [9.17, 15) is 4.79 Å². The van der Waals surface area contributed by atoms with Crippen molar-refractivity contribution in [2.45, 2.75) is 40.0 Å². The molecule has 1 aliphatic rings. The number of carbonyl (C=O) groups excluding carboxylic acids is 1. The van der Waals surface area contributed by atoms with Gasteiger partial charge in [-0.05, 0) is 57.8 Å². The van der Waals surface area contributed by atoms with Gasteiger partial charge in [0.1, 0.15) is 0 Å². The Morgan fingerprint density at radius 1 is 1.19 bits per heavy atom. The zero-order valence-corrected chi connectivity index (χ0v) is 17.4. The van der Waals surface area contributed by atoms with Crippen LogP contribution in [0.4, 0.5) is 0 Å². The number of hydrogen-bond acceptors (Lipinski definition) is 3. The van der Waals surface area contributed by atoms with Crippen molar-refractivity contribution in [3.63, 3.8) is 0 Å². The highest BCUT2D eigenvalue weighted by molar-refractivity contribution is 5.85. The van der Waals surface area contributed by atoms with Crippen molar-refractivity contribution in [3.05, 3.63) is 47.3 Å². The van der Waals surface area contributed by atoms with Gasteiger partial charge < -0.3 is 10.2 Å². The predicted octanol–water partition coefficient (Wildman–Crippen LogP) is 3.30. The molecule has 6 heteroatoms. The fraction of sp³-hybridized carbons (Fsp3) is 0.524. The quantitative estimate of drug-likeness (QED) is 0.823. The molecular formula is C21H31ClN4O. The zero-order valence-electron chi connectivity index (χ0n) is 16.6. The van der Waals surface area contributed by atoms with Crippen LogP contribution in [0.3, 0.4) is 0 Å². The van der Waals surface area contributed by atoms with E-state index >= 15 is 0 Å². The molecule has 27 heavy (non-hydrogen) atoms. The van der Waals surface area contributed by atoms with Gasteiger partial charge in [0.05, 0.1) is 17.8 Å². The van der Waals surface area contributed by atoms with E-state index in [2.05, 4.69) is 24.3 Å². The summed E-state index contributed by atoms with van der Waals surface area (Å²) in [5, 5.41) is 8.08. The van der Waals surface area contributed by atoms with Gasteiger partial charge in [0, 0.05) is 24.3 Å². The number of likely N-dealkylation sites (tertiary alicyclic amines) is 1. The van der Waals surface area contributed by atoms with Crippen molar-refractivity contribution in [1.29, 1.82) is 0 Å². The van der Waals surface area contributed by atoms with Crippen LogP contribution in [-0.4, -0.2) is 46.8 Å². The van der Waals surface area contributed by atoms with E-state index in [1.807, 2.05) is 46.8 Å². The molecule has 0 bridgehead atoms. The van der Waals surface area contributed by atoms with E-state index in [0.29, 0.717) is 12.3 Å². The molecular weight excluding hydrogens is 360 g/mol. The van der Waals surface area contributed by atoms with Crippen LogP contribution in [0, 0.1) is 19.8 Å². The molecule has 1 fully saturated rings. The number of piperidine rings is 1. The first-order valence-corrected chi connectivity index (χ1v) is 9.69. The Morgan fingerprint density at radius 2 is 1.85 bits per heavy atom. The predicted molar refractivity (Wildman–Crippen MR) is 112 cm³/mol. The molecule has 0 atom stereocenters. The van der Waals surface area contributed by atoms with E-state index in [-0.39, 0.29) is 18.3 Å². The lowest BCUT2D eigenvalue weighted by Crippen LogP contribution is -2.41. The minimum Gasteiger partial charge on any atom is -0.342 e. The molecule has 0 unspecified atom stereocenters. The monoisotopic (exact) mass is 390 g/mol. The third kappa shape index (κ3) is 5.11. The van der Waals surface area contributed by atoms with Crippen LogP contribution < -0.4 is 5.32 Å². The number of nitrogens with one attached hydrogen (secondary N) is 1. The molecule has 1 saturated heterocycles. The Hall–Kier alpha value is -1.85. The second-order valence-corrected chi connectivity index (χ2v) is 7.21. The topological polar surface area (TPSA) is 50.2 Å². The van der Waals surface area contributed by atoms with Gasteiger partial charge in [-0.1, -0.05) is 25.1 Å². The fourth-order valence-electron chi connectivity index (χ4n) is 3.75. The van der Waals surface area contributed by atoms with Crippen LogP contribution in [0.2, 0.25) is 0 Å². The molecule has 1 aliphatic heterocycles. The summed E-state index contributed by atoms with van der Waals surface area (Å²) in [6.45, 7) is 10.0.